The number of hydrogen-bond donors (Lipinski definition) is 2. The van der Waals surface area contributed by atoms with Gasteiger partial charge in [-0.05, 0) is 5.56 Å². The van der Waals surface area contributed by atoms with Crippen molar-refractivity contribution >= 4 is 11.9 Å². The minimum atomic E-state index is -1.09. The third-order valence-electron chi connectivity index (χ3n) is 4.49. The third-order valence-corrected chi connectivity index (χ3v) is 4.49. The molecule has 1 atom stereocenters. The zero-order chi connectivity index (χ0) is 18.1. The zero-order valence-corrected chi connectivity index (χ0v) is 13.9. The van der Waals surface area contributed by atoms with E-state index in [2.05, 4.69) is 15.1 Å². The topological polar surface area (TPSA) is 104 Å². The molecule has 132 valence electrons. The molecule has 4 rings (SSSR count). The van der Waals surface area contributed by atoms with E-state index in [9.17, 15) is 14.7 Å². The van der Waals surface area contributed by atoms with Gasteiger partial charge in [-0.2, -0.15) is 5.10 Å². The van der Waals surface area contributed by atoms with Gasteiger partial charge in [0.05, 0.1) is 30.3 Å². The van der Waals surface area contributed by atoms with E-state index in [-0.39, 0.29) is 5.91 Å². The molecule has 0 unspecified atom stereocenters. The largest absolute Gasteiger partial charge is 0.479 e. The lowest BCUT2D eigenvalue weighted by atomic mass is 10.0. The average Bonchev–Trinajstić information content (AvgIpc) is 3.30. The normalized spacial score (nSPS) is 16.3. The van der Waals surface area contributed by atoms with Gasteiger partial charge in [0.2, 0.25) is 0 Å². The number of aliphatic carboxylic acids is 1. The molecule has 1 amide bonds. The molecule has 0 radical (unpaired) electrons. The number of aromatic amines is 1. The van der Waals surface area contributed by atoms with Crippen molar-refractivity contribution in [3.8, 4) is 0 Å². The van der Waals surface area contributed by atoms with E-state index in [1.165, 1.54) is 17.4 Å². The number of H-pyrrole nitrogens is 1. The summed E-state index contributed by atoms with van der Waals surface area (Å²) in [6, 6.07) is 8.69. The first-order valence-corrected chi connectivity index (χ1v) is 8.26. The molecule has 26 heavy (non-hydrogen) atoms. The zero-order valence-electron chi connectivity index (χ0n) is 13.9. The Kier molecular flexibility index (Phi) is 4.00. The molecular weight excluding hydrogens is 334 g/mol. The van der Waals surface area contributed by atoms with Crippen molar-refractivity contribution in [1.82, 2.24) is 24.6 Å². The number of hydrogen-bond acceptors (Lipinski definition) is 4. The van der Waals surface area contributed by atoms with E-state index in [0.29, 0.717) is 30.8 Å². The summed E-state index contributed by atoms with van der Waals surface area (Å²) in [5, 5.41) is 13.8. The van der Waals surface area contributed by atoms with Gasteiger partial charge < -0.3 is 15.0 Å². The van der Waals surface area contributed by atoms with E-state index < -0.39 is 12.0 Å². The number of rotatable bonds is 4. The molecule has 2 aromatic heterocycles. The second-order valence-electron chi connectivity index (χ2n) is 6.17. The molecule has 2 N–H and O–H groups in total. The van der Waals surface area contributed by atoms with E-state index >= 15 is 0 Å². The van der Waals surface area contributed by atoms with Crippen LogP contribution < -0.4 is 0 Å². The first-order chi connectivity index (χ1) is 12.6. The van der Waals surface area contributed by atoms with Gasteiger partial charge in [0.25, 0.3) is 5.91 Å². The fourth-order valence-corrected chi connectivity index (χ4v) is 3.24. The maximum atomic E-state index is 12.9. The van der Waals surface area contributed by atoms with Crippen LogP contribution in [0.5, 0.6) is 0 Å². The lowest BCUT2D eigenvalue weighted by Crippen LogP contribution is -2.43. The summed E-state index contributed by atoms with van der Waals surface area (Å²) >= 11 is 0. The Morgan fingerprint density at radius 2 is 2.08 bits per heavy atom. The van der Waals surface area contributed by atoms with E-state index in [1.54, 1.807) is 10.9 Å². The number of carboxylic acids is 1. The summed E-state index contributed by atoms with van der Waals surface area (Å²) in [4.78, 5) is 33.0. The fraction of sp³-hybridized carbons (Fsp3) is 0.222. The van der Waals surface area contributed by atoms with Crippen molar-refractivity contribution in [1.29, 1.82) is 0 Å². The Morgan fingerprint density at radius 1 is 1.27 bits per heavy atom. The Hall–Kier alpha value is -3.42. The Balaban J connectivity index is 1.57. The SMILES string of the molecule is O=C(O)[C@H]1c2nc[nH]c2CCN1C(=O)c1cnn(Cc2ccccc2)c1. The summed E-state index contributed by atoms with van der Waals surface area (Å²) in [7, 11) is 0. The van der Waals surface area contributed by atoms with Crippen molar-refractivity contribution in [3.05, 3.63) is 71.6 Å². The van der Waals surface area contributed by atoms with Crippen LogP contribution in [-0.2, 0) is 17.8 Å². The number of carboxylic acid groups (broad SMARTS) is 1. The maximum Gasteiger partial charge on any atom is 0.332 e. The van der Waals surface area contributed by atoms with Crippen LogP contribution in [0.3, 0.4) is 0 Å². The van der Waals surface area contributed by atoms with Crippen molar-refractivity contribution < 1.29 is 14.7 Å². The number of nitrogens with zero attached hydrogens (tertiary/aromatic N) is 4. The molecule has 8 nitrogen and oxygen atoms in total. The highest BCUT2D eigenvalue weighted by Crippen LogP contribution is 2.28. The molecule has 3 heterocycles. The molecule has 1 aromatic carbocycles. The van der Waals surface area contributed by atoms with Crippen LogP contribution in [0.25, 0.3) is 0 Å². The number of carbonyl (C=O) groups is 2. The van der Waals surface area contributed by atoms with Crippen LogP contribution in [0.1, 0.15) is 33.4 Å². The quantitative estimate of drug-likeness (QED) is 0.741. The van der Waals surface area contributed by atoms with Crippen molar-refractivity contribution in [3.63, 3.8) is 0 Å². The Labute approximate surface area is 149 Å². The lowest BCUT2D eigenvalue weighted by Gasteiger charge is -2.31. The molecule has 0 fully saturated rings. The smallest absolute Gasteiger partial charge is 0.332 e. The summed E-state index contributed by atoms with van der Waals surface area (Å²) in [6.45, 7) is 0.856. The van der Waals surface area contributed by atoms with Gasteiger partial charge in [-0.3, -0.25) is 9.48 Å². The van der Waals surface area contributed by atoms with Crippen LogP contribution in [0.4, 0.5) is 0 Å². The monoisotopic (exact) mass is 351 g/mol. The number of amides is 1. The number of nitrogens with one attached hydrogen (secondary N) is 1. The van der Waals surface area contributed by atoms with Gasteiger partial charge in [-0.1, -0.05) is 30.3 Å². The van der Waals surface area contributed by atoms with E-state index in [0.717, 1.165) is 11.3 Å². The lowest BCUT2D eigenvalue weighted by molar-refractivity contribution is -0.143. The molecule has 0 saturated carbocycles. The van der Waals surface area contributed by atoms with Gasteiger partial charge in [0.15, 0.2) is 6.04 Å². The van der Waals surface area contributed by atoms with E-state index in [4.69, 9.17) is 0 Å². The molecule has 0 saturated heterocycles. The molecule has 0 bridgehead atoms. The predicted molar refractivity (Wildman–Crippen MR) is 91.5 cm³/mol. The molecule has 0 aliphatic carbocycles. The van der Waals surface area contributed by atoms with Crippen molar-refractivity contribution in [2.24, 2.45) is 0 Å². The van der Waals surface area contributed by atoms with Gasteiger partial charge in [0, 0.05) is 24.9 Å². The van der Waals surface area contributed by atoms with E-state index in [1.807, 2.05) is 30.3 Å². The molecule has 1 aliphatic heterocycles. The van der Waals surface area contributed by atoms with Crippen LogP contribution in [0.2, 0.25) is 0 Å². The summed E-state index contributed by atoms with van der Waals surface area (Å²) in [6.07, 6.45) is 5.13. The number of fused-ring (bicyclic) bond motifs is 1. The fourth-order valence-electron chi connectivity index (χ4n) is 3.24. The van der Waals surface area contributed by atoms with Gasteiger partial charge >= 0.3 is 5.97 Å². The maximum absolute atomic E-state index is 12.9. The van der Waals surface area contributed by atoms with Crippen LogP contribution >= 0.6 is 0 Å². The number of imidazole rings is 1. The molecule has 3 aromatic rings. The third kappa shape index (κ3) is 2.85. The minimum Gasteiger partial charge on any atom is -0.479 e. The highest BCUT2D eigenvalue weighted by Gasteiger charge is 2.38. The predicted octanol–water partition coefficient (Wildman–Crippen LogP) is 1.48. The van der Waals surface area contributed by atoms with Crippen LogP contribution in [-0.4, -0.2) is 48.2 Å². The van der Waals surface area contributed by atoms with Gasteiger partial charge in [-0.25, -0.2) is 9.78 Å². The highest BCUT2D eigenvalue weighted by molar-refractivity contribution is 5.96. The Bertz CT molecular complexity index is 947. The molecule has 0 spiro atoms. The second-order valence-corrected chi connectivity index (χ2v) is 6.17. The minimum absolute atomic E-state index is 0.314. The standard InChI is InChI=1S/C18H17N5O3/c24-17(13-8-21-22(10-13)9-12-4-2-1-3-5-12)23-7-6-14-15(20-11-19-14)16(23)18(25)26/h1-5,8,10-11,16H,6-7,9H2,(H,19,20)(H,25,26)/t16-/m1/s1. The number of benzene rings is 1. The summed E-state index contributed by atoms with van der Waals surface area (Å²) in [5.74, 6) is -1.45. The highest BCUT2D eigenvalue weighted by atomic mass is 16.4. The average molecular weight is 351 g/mol. The first-order valence-electron chi connectivity index (χ1n) is 8.26. The van der Waals surface area contributed by atoms with Crippen molar-refractivity contribution in [2.45, 2.75) is 19.0 Å². The second kappa shape index (κ2) is 6.47. The molecular formula is C18H17N5O3. The van der Waals surface area contributed by atoms with Gasteiger partial charge in [-0.15, -0.1) is 0 Å². The molecule has 1 aliphatic rings. The number of aromatic nitrogens is 4. The van der Waals surface area contributed by atoms with Crippen LogP contribution in [0.15, 0.2) is 49.1 Å². The summed E-state index contributed by atoms with van der Waals surface area (Å²) in [5.41, 5.74) is 2.60. The summed E-state index contributed by atoms with van der Waals surface area (Å²) < 4.78 is 1.67. The number of carbonyl (C=O) groups excluding carboxylic acids is 1. The van der Waals surface area contributed by atoms with Crippen LogP contribution in [0, 0.1) is 0 Å². The first kappa shape index (κ1) is 16.1. The van der Waals surface area contributed by atoms with Crippen molar-refractivity contribution in [2.75, 3.05) is 6.54 Å². The molecule has 8 heteroatoms. The van der Waals surface area contributed by atoms with Gasteiger partial charge in [0.1, 0.15) is 0 Å². The Morgan fingerprint density at radius 3 is 2.85 bits per heavy atom.